The lowest BCUT2D eigenvalue weighted by atomic mass is 9.97. The Labute approximate surface area is 131 Å². The summed E-state index contributed by atoms with van der Waals surface area (Å²) in [7, 11) is 0.526. The minimum atomic E-state index is -3.46. The second kappa shape index (κ2) is 7.38. The van der Waals surface area contributed by atoms with E-state index in [-0.39, 0.29) is 5.97 Å². The Bertz CT molecular complexity index is 555. The fraction of sp³-hybridized carbons (Fsp3) is 0.533. The number of hydrogen-bond acceptors (Lipinski definition) is 6. The number of ether oxygens (including phenoxy) is 2. The van der Waals surface area contributed by atoms with E-state index < -0.39 is 18.9 Å². The van der Waals surface area contributed by atoms with Crippen molar-refractivity contribution in [3.8, 4) is 5.75 Å². The highest BCUT2D eigenvalue weighted by Crippen LogP contribution is 2.60. The van der Waals surface area contributed by atoms with Crippen LogP contribution in [0.5, 0.6) is 5.75 Å². The Morgan fingerprint density at radius 3 is 2.18 bits per heavy atom. The predicted molar refractivity (Wildman–Crippen MR) is 82.9 cm³/mol. The van der Waals surface area contributed by atoms with Crippen molar-refractivity contribution in [1.82, 2.24) is 0 Å². The predicted octanol–water partition coefficient (Wildman–Crippen LogP) is 3.77. The molecule has 0 heterocycles. The average Bonchev–Trinajstić information content (AvgIpc) is 2.47. The van der Waals surface area contributed by atoms with Crippen LogP contribution in [0.1, 0.15) is 32.2 Å². The van der Waals surface area contributed by atoms with Gasteiger partial charge in [-0.2, -0.15) is 0 Å². The first-order valence-corrected chi connectivity index (χ1v) is 8.35. The van der Waals surface area contributed by atoms with Crippen molar-refractivity contribution in [2.45, 2.75) is 26.6 Å². The zero-order chi connectivity index (χ0) is 17.0. The third-order valence-corrected chi connectivity index (χ3v) is 5.09. The molecule has 0 amide bonds. The molecule has 0 spiro atoms. The van der Waals surface area contributed by atoms with Gasteiger partial charge in [0.1, 0.15) is 5.75 Å². The zero-order valence-electron chi connectivity index (χ0n) is 13.8. The van der Waals surface area contributed by atoms with Gasteiger partial charge in [-0.05, 0) is 38.5 Å². The second-order valence-electron chi connectivity index (χ2n) is 5.71. The van der Waals surface area contributed by atoms with Crippen LogP contribution in [0.4, 0.5) is 0 Å². The topological polar surface area (TPSA) is 71.1 Å². The largest absolute Gasteiger partial charge is 0.426 e. The summed E-state index contributed by atoms with van der Waals surface area (Å²) in [5, 5.41) is 0. The van der Waals surface area contributed by atoms with E-state index in [4.69, 9.17) is 18.5 Å². The van der Waals surface area contributed by atoms with E-state index in [1.165, 1.54) is 21.3 Å². The maximum atomic E-state index is 12.5. The lowest BCUT2D eigenvalue weighted by Crippen LogP contribution is -2.25. The molecule has 0 N–H and O–H groups in total. The number of hydrogen-bond donors (Lipinski definition) is 0. The third kappa shape index (κ3) is 4.40. The molecule has 0 aliphatic carbocycles. The number of carbonyl (C=O) groups is 1. The lowest BCUT2D eigenvalue weighted by molar-refractivity contribution is -0.143. The lowest BCUT2D eigenvalue weighted by Gasteiger charge is -2.23. The Morgan fingerprint density at radius 1 is 1.14 bits per heavy atom. The average molecular weight is 330 g/mol. The first-order valence-electron chi connectivity index (χ1n) is 6.74. The molecule has 0 aliphatic rings. The molecule has 0 bridgehead atoms. The van der Waals surface area contributed by atoms with E-state index >= 15 is 0 Å². The molecule has 1 unspecified atom stereocenters. The molecule has 1 aromatic rings. The Hall–Kier alpha value is -1.20. The van der Waals surface area contributed by atoms with E-state index in [1.807, 2.05) is 0 Å². The van der Waals surface area contributed by atoms with Gasteiger partial charge in [-0.25, -0.2) is 0 Å². The van der Waals surface area contributed by atoms with Gasteiger partial charge in [-0.1, -0.05) is 12.1 Å². The molecule has 0 aliphatic heterocycles. The van der Waals surface area contributed by atoms with Crippen molar-refractivity contribution in [3.63, 3.8) is 0 Å². The Kier molecular flexibility index (Phi) is 6.32. The Balaban J connectivity index is 3.10. The highest BCUT2D eigenvalue weighted by Gasteiger charge is 2.36. The van der Waals surface area contributed by atoms with Gasteiger partial charge in [0.2, 0.25) is 0 Å². The summed E-state index contributed by atoms with van der Waals surface area (Å²) in [6.45, 7) is 5.30. The summed E-state index contributed by atoms with van der Waals surface area (Å²) < 4.78 is 33.0. The quantitative estimate of drug-likeness (QED) is 0.449. The molecule has 124 valence electrons. The van der Waals surface area contributed by atoms with Gasteiger partial charge >= 0.3 is 13.6 Å². The Morgan fingerprint density at radius 2 is 1.73 bits per heavy atom. The van der Waals surface area contributed by atoms with Gasteiger partial charge in [0.05, 0.1) is 5.41 Å². The normalized spacial score (nSPS) is 13.7. The molecule has 0 saturated heterocycles. The SMILES string of the molecule is COC(c1cccc(OC(=O)C(C)(C)C)c1)P(=O)(OC)OC. The number of carbonyl (C=O) groups excluding carboxylic acids is 1. The first-order chi connectivity index (χ1) is 10.2. The van der Waals surface area contributed by atoms with Crippen LogP contribution < -0.4 is 4.74 Å². The molecule has 1 aromatic carbocycles. The van der Waals surface area contributed by atoms with Crippen molar-refractivity contribution in [3.05, 3.63) is 29.8 Å². The number of methoxy groups -OCH3 is 1. The maximum Gasteiger partial charge on any atom is 0.363 e. The van der Waals surface area contributed by atoms with Crippen molar-refractivity contribution in [2.75, 3.05) is 21.3 Å². The molecule has 0 aromatic heterocycles. The van der Waals surface area contributed by atoms with Crippen LogP contribution in [0.2, 0.25) is 0 Å². The van der Waals surface area contributed by atoms with Gasteiger partial charge in [0.25, 0.3) is 0 Å². The molecule has 0 saturated carbocycles. The molecule has 0 fully saturated rings. The summed E-state index contributed by atoms with van der Waals surface area (Å²) in [6, 6.07) is 6.61. The molecule has 1 rings (SSSR count). The van der Waals surface area contributed by atoms with Gasteiger partial charge < -0.3 is 18.5 Å². The number of esters is 1. The molecular formula is C15H23O6P. The van der Waals surface area contributed by atoms with E-state index in [2.05, 4.69) is 0 Å². The highest BCUT2D eigenvalue weighted by molar-refractivity contribution is 7.54. The molecular weight excluding hydrogens is 307 g/mol. The van der Waals surface area contributed by atoms with E-state index in [9.17, 15) is 9.36 Å². The monoisotopic (exact) mass is 330 g/mol. The van der Waals surface area contributed by atoms with Crippen LogP contribution in [0, 0.1) is 5.41 Å². The number of rotatable bonds is 6. The molecule has 1 atom stereocenters. The van der Waals surface area contributed by atoms with Gasteiger partial charge in [-0.15, -0.1) is 0 Å². The van der Waals surface area contributed by atoms with Crippen LogP contribution in [-0.4, -0.2) is 27.3 Å². The van der Waals surface area contributed by atoms with Crippen molar-refractivity contribution < 1.29 is 27.9 Å². The highest BCUT2D eigenvalue weighted by atomic mass is 31.2. The maximum absolute atomic E-state index is 12.5. The standard InChI is InChI=1S/C15H23O6P/c1-15(2,3)14(16)21-12-9-7-8-11(10-12)13(18-4)22(17,19-5)20-6/h7-10,13H,1-6H3. The van der Waals surface area contributed by atoms with Crippen molar-refractivity contribution >= 4 is 13.6 Å². The van der Waals surface area contributed by atoms with Crippen LogP contribution in [0.3, 0.4) is 0 Å². The summed E-state index contributed by atoms with van der Waals surface area (Å²) in [4.78, 5) is 11.9. The van der Waals surface area contributed by atoms with Crippen LogP contribution in [0.25, 0.3) is 0 Å². The van der Waals surface area contributed by atoms with E-state index in [0.29, 0.717) is 11.3 Å². The first kappa shape index (κ1) is 18.8. The minimum Gasteiger partial charge on any atom is -0.426 e. The zero-order valence-corrected chi connectivity index (χ0v) is 14.7. The van der Waals surface area contributed by atoms with Gasteiger partial charge in [0, 0.05) is 21.3 Å². The van der Waals surface area contributed by atoms with E-state index in [0.717, 1.165) is 0 Å². The van der Waals surface area contributed by atoms with Gasteiger partial charge in [-0.3, -0.25) is 9.36 Å². The molecule has 0 radical (unpaired) electrons. The summed E-state index contributed by atoms with van der Waals surface area (Å²) in [5.41, 5.74) is -0.0842. The van der Waals surface area contributed by atoms with Crippen molar-refractivity contribution in [2.24, 2.45) is 5.41 Å². The molecule has 22 heavy (non-hydrogen) atoms. The fourth-order valence-electron chi connectivity index (χ4n) is 1.71. The van der Waals surface area contributed by atoms with Crippen LogP contribution in [0.15, 0.2) is 24.3 Å². The summed E-state index contributed by atoms with van der Waals surface area (Å²) in [5.74, 6) is -0.922. The molecule has 7 heteroatoms. The van der Waals surface area contributed by atoms with Gasteiger partial charge in [0.15, 0.2) is 5.85 Å². The third-order valence-electron chi connectivity index (χ3n) is 2.99. The minimum absolute atomic E-state index is 0.346. The second-order valence-corrected chi connectivity index (χ2v) is 7.98. The fourth-order valence-corrected chi connectivity index (χ4v) is 3.02. The smallest absolute Gasteiger partial charge is 0.363 e. The summed E-state index contributed by atoms with van der Waals surface area (Å²) >= 11 is 0. The number of benzene rings is 1. The molecule has 6 nitrogen and oxygen atoms in total. The van der Waals surface area contributed by atoms with Crippen LogP contribution in [-0.2, 0) is 23.1 Å². The van der Waals surface area contributed by atoms with Crippen LogP contribution >= 0.6 is 7.60 Å². The summed E-state index contributed by atoms with van der Waals surface area (Å²) in [6.07, 6.45) is 0. The van der Waals surface area contributed by atoms with Crippen molar-refractivity contribution in [1.29, 1.82) is 0 Å². The van der Waals surface area contributed by atoms with E-state index in [1.54, 1.807) is 45.0 Å².